The molecule has 0 spiro atoms. The van der Waals surface area contributed by atoms with Crippen LogP contribution < -0.4 is 10.6 Å². The summed E-state index contributed by atoms with van der Waals surface area (Å²) in [5.74, 6) is 0.0475. The van der Waals surface area contributed by atoms with Crippen molar-refractivity contribution >= 4 is 17.3 Å². The number of methoxy groups -OCH3 is 1. The van der Waals surface area contributed by atoms with Gasteiger partial charge in [-0.15, -0.1) is 0 Å². The molecule has 4 heteroatoms. The third kappa shape index (κ3) is 2.97. The second-order valence-corrected chi connectivity index (χ2v) is 5.66. The summed E-state index contributed by atoms with van der Waals surface area (Å²) < 4.78 is 5.15. The number of amides is 1. The van der Waals surface area contributed by atoms with E-state index in [-0.39, 0.29) is 11.9 Å². The average Bonchev–Trinajstić information content (AvgIpc) is 2.64. The van der Waals surface area contributed by atoms with Gasteiger partial charge in [0, 0.05) is 25.1 Å². The lowest BCUT2D eigenvalue weighted by atomic mass is 10.0. The first-order chi connectivity index (χ1) is 10.7. The van der Waals surface area contributed by atoms with Gasteiger partial charge in [0.2, 0.25) is 5.91 Å². The van der Waals surface area contributed by atoms with Crippen LogP contribution in [-0.2, 0) is 16.1 Å². The molecule has 2 aromatic carbocycles. The van der Waals surface area contributed by atoms with Crippen LogP contribution in [0.5, 0.6) is 0 Å². The van der Waals surface area contributed by atoms with E-state index in [1.165, 1.54) is 0 Å². The first-order valence-electron chi connectivity index (χ1n) is 7.45. The molecule has 1 heterocycles. The van der Waals surface area contributed by atoms with Gasteiger partial charge in [0.15, 0.2) is 0 Å². The molecule has 1 atom stereocenters. The minimum Gasteiger partial charge on any atom is -0.380 e. The van der Waals surface area contributed by atoms with Crippen LogP contribution in [0.4, 0.5) is 11.4 Å². The molecule has 4 nitrogen and oxygen atoms in total. The van der Waals surface area contributed by atoms with Gasteiger partial charge >= 0.3 is 0 Å². The summed E-state index contributed by atoms with van der Waals surface area (Å²) in [5, 5.41) is 6.42. The van der Waals surface area contributed by atoms with Gasteiger partial charge in [0.25, 0.3) is 0 Å². The van der Waals surface area contributed by atoms with Gasteiger partial charge in [0.1, 0.15) is 0 Å². The molecule has 0 aliphatic carbocycles. The summed E-state index contributed by atoms with van der Waals surface area (Å²) in [6, 6.07) is 14.4. The molecule has 0 saturated heterocycles. The molecule has 2 aromatic rings. The fourth-order valence-electron chi connectivity index (χ4n) is 2.78. The molecule has 1 aliphatic heterocycles. The Labute approximate surface area is 130 Å². The molecule has 114 valence electrons. The summed E-state index contributed by atoms with van der Waals surface area (Å²) in [6.07, 6.45) is 0.473. The minimum absolute atomic E-state index is 0.0475. The maximum Gasteiger partial charge on any atom is 0.226 e. The Balaban J connectivity index is 2.01. The van der Waals surface area contributed by atoms with E-state index >= 15 is 0 Å². The predicted octanol–water partition coefficient (Wildman–Crippen LogP) is 3.64. The monoisotopic (exact) mass is 296 g/mol. The molecule has 1 aliphatic rings. The Kier molecular flexibility index (Phi) is 4.11. The summed E-state index contributed by atoms with van der Waals surface area (Å²) in [5.41, 5.74) is 5.18. The van der Waals surface area contributed by atoms with Crippen LogP contribution in [0.1, 0.15) is 18.9 Å². The van der Waals surface area contributed by atoms with Gasteiger partial charge in [-0.25, -0.2) is 0 Å². The number of anilines is 2. The van der Waals surface area contributed by atoms with Crippen LogP contribution >= 0.6 is 0 Å². The van der Waals surface area contributed by atoms with Crippen molar-refractivity contribution in [3.05, 3.63) is 48.0 Å². The molecular formula is C18H20N2O2. The lowest BCUT2D eigenvalue weighted by Crippen LogP contribution is -2.19. The first kappa shape index (κ1) is 14.6. The highest BCUT2D eigenvalue weighted by Gasteiger charge is 2.20. The van der Waals surface area contributed by atoms with E-state index in [1.54, 1.807) is 7.11 Å². The van der Waals surface area contributed by atoms with Gasteiger partial charge in [-0.05, 0) is 24.1 Å². The van der Waals surface area contributed by atoms with E-state index in [9.17, 15) is 4.79 Å². The molecular weight excluding hydrogens is 276 g/mol. The molecule has 0 bridgehead atoms. The van der Waals surface area contributed by atoms with E-state index < -0.39 is 0 Å². The van der Waals surface area contributed by atoms with E-state index in [1.807, 2.05) is 19.1 Å². The van der Waals surface area contributed by atoms with Crippen molar-refractivity contribution in [1.82, 2.24) is 0 Å². The highest BCUT2D eigenvalue weighted by molar-refractivity contribution is 6.00. The second kappa shape index (κ2) is 6.20. The third-order valence-electron chi connectivity index (χ3n) is 3.80. The summed E-state index contributed by atoms with van der Waals surface area (Å²) >= 11 is 0. The van der Waals surface area contributed by atoms with Crippen molar-refractivity contribution in [2.75, 3.05) is 17.7 Å². The minimum atomic E-state index is 0.0475. The van der Waals surface area contributed by atoms with Gasteiger partial charge in [-0.1, -0.05) is 36.4 Å². The lowest BCUT2D eigenvalue weighted by molar-refractivity contribution is -0.116. The zero-order valence-corrected chi connectivity index (χ0v) is 12.8. The molecule has 2 N–H and O–H groups in total. The largest absolute Gasteiger partial charge is 0.380 e. The molecule has 3 rings (SSSR count). The number of rotatable bonds is 3. The van der Waals surface area contributed by atoms with Crippen molar-refractivity contribution in [3.63, 3.8) is 0 Å². The molecule has 0 fully saturated rings. The van der Waals surface area contributed by atoms with Gasteiger partial charge in [-0.2, -0.15) is 0 Å². The van der Waals surface area contributed by atoms with Crippen LogP contribution in [0.15, 0.2) is 42.5 Å². The molecule has 0 radical (unpaired) electrons. The predicted molar refractivity (Wildman–Crippen MR) is 88.9 cm³/mol. The Morgan fingerprint density at radius 3 is 2.68 bits per heavy atom. The van der Waals surface area contributed by atoms with Gasteiger partial charge in [-0.3, -0.25) is 4.79 Å². The summed E-state index contributed by atoms with van der Waals surface area (Å²) in [6.45, 7) is 2.63. The Morgan fingerprint density at radius 1 is 1.18 bits per heavy atom. The van der Waals surface area contributed by atoms with Gasteiger partial charge < -0.3 is 15.4 Å². The molecule has 0 unspecified atom stereocenters. The Morgan fingerprint density at radius 2 is 1.95 bits per heavy atom. The highest BCUT2D eigenvalue weighted by atomic mass is 16.5. The standard InChI is InChI=1S/C18H20N2O2/c1-12-10-17(21)20-16-5-3-4-15(18(16)19-12)14-8-6-13(7-9-14)11-22-2/h3-9,12,19H,10-11H2,1-2H3,(H,20,21)/t12-/m1/s1. The topological polar surface area (TPSA) is 50.4 Å². The highest BCUT2D eigenvalue weighted by Crippen LogP contribution is 2.36. The smallest absolute Gasteiger partial charge is 0.226 e. The van der Waals surface area contributed by atoms with Crippen molar-refractivity contribution in [1.29, 1.82) is 0 Å². The summed E-state index contributed by atoms with van der Waals surface area (Å²) in [7, 11) is 1.69. The number of hydrogen-bond acceptors (Lipinski definition) is 3. The molecule has 0 saturated carbocycles. The Bertz CT molecular complexity index is 680. The van der Waals surface area contributed by atoms with Crippen LogP contribution in [0.2, 0.25) is 0 Å². The normalized spacial score (nSPS) is 17.2. The maximum absolute atomic E-state index is 11.9. The fourth-order valence-corrected chi connectivity index (χ4v) is 2.78. The first-order valence-corrected chi connectivity index (χ1v) is 7.45. The lowest BCUT2D eigenvalue weighted by Gasteiger charge is -2.17. The molecule has 0 aromatic heterocycles. The van der Waals surface area contributed by atoms with Crippen LogP contribution in [-0.4, -0.2) is 19.1 Å². The number of carbonyl (C=O) groups excluding carboxylic acids is 1. The SMILES string of the molecule is COCc1ccc(-c2cccc3c2N[C@H](C)CC(=O)N3)cc1. The number of fused-ring (bicyclic) bond motifs is 1. The molecule has 22 heavy (non-hydrogen) atoms. The zero-order valence-electron chi connectivity index (χ0n) is 12.8. The van der Waals surface area contributed by atoms with Crippen molar-refractivity contribution < 1.29 is 9.53 Å². The van der Waals surface area contributed by atoms with Crippen LogP contribution in [0, 0.1) is 0 Å². The summed E-state index contributed by atoms with van der Waals surface area (Å²) in [4.78, 5) is 11.9. The van der Waals surface area contributed by atoms with Crippen molar-refractivity contribution in [2.45, 2.75) is 26.0 Å². The second-order valence-electron chi connectivity index (χ2n) is 5.66. The van der Waals surface area contributed by atoms with E-state index in [0.29, 0.717) is 13.0 Å². The molecule has 1 amide bonds. The number of para-hydroxylation sites is 1. The Hall–Kier alpha value is -2.33. The van der Waals surface area contributed by atoms with Crippen molar-refractivity contribution in [2.24, 2.45) is 0 Å². The number of benzene rings is 2. The fraction of sp³-hybridized carbons (Fsp3) is 0.278. The van der Waals surface area contributed by atoms with Crippen LogP contribution in [0.25, 0.3) is 11.1 Å². The van der Waals surface area contributed by atoms with E-state index in [0.717, 1.165) is 28.1 Å². The maximum atomic E-state index is 11.9. The average molecular weight is 296 g/mol. The zero-order chi connectivity index (χ0) is 15.5. The van der Waals surface area contributed by atoms with E-state index in [2.05, 4.69) is 41.0 Å². The van der Waals surface area contributed by atoms with Crippen molar-refractivity contribution in [3.8, 4) is 11.1 Å². The van der Waals surface area contributed by atoms with E-state index in [4.69, 9.17) is 4.74 Å². The quantitative estimate of drug-likeness (QED) is 0.909. The number of hydrogen-bond donors (Lipinski definition) is 2. The number of ether oxygens (including phenoxy) is 1. The number of nitrogens with one attached hydrogen (secondary N) is 2. The van der Waals surface area contributed by atoms with Crippen LogP contribution in [0.3, 0.4) is 0 Å². The van der Waals surface area contributed by atoms with Gasteiger partial charge in [0.05, 0.1) is 18.0 Å². The third-order valence-corrected chi connectivity index (χ3v) is 3.80. The number of carbonyl (C=O) groups is 1.